The second-order valence-electron chi connectivity index (χ2n) is 3.30. The summed E-state index contributed by atoms with van der Waals surface area (Å²) in [5.74, 6) is -0.461. The van der Waals surface area contributed by atoms with Gasteiger partial charge < -0.3 is 5.73 Å². The molecule has 0 aliphatic carbocycles. The Hall–Kier alpha value is -0.530. The molecule has 2 heteroatoms. The molecule has 0 spiro atoms. The van der Waals surface area contributed by atoms with Crippen LogP contribution < -0.4 is 5.73 Å². The molecule has 71 valence electrons. The lowest BCUT2D eigenvalue weighted by molar-refractivity contribution is -0.120. The highest BCUT2D eigenvalue weighted by molar-refractivity contribution is 5.77. The maximum absolute atomic E-state index is 10.6. The van der Waals surface area contributed by atoms with Crippen molar-refractivity contribution in [3.63, 3.8) is 0 Å². The van der Waals surface area contributed by atoms with Gasteiger partial charge in [-0.25, -0.2) is 0 Å². The van der Waals surface area contributed by atoms with Crippen molar-refractivity contribution >= 4 is 5.91 Å². The van der Waals surface area contributed by atoms with E-state index < -0.39 is 0 Å². The quantitative estimate of drug-likeness (QED) is 0.585. The maximum atomic E-state index is 10.6. The SMILES string of the molecule is [CH2]C(CCCCCCC)C(N)=O. The van der Waals surface area contributed by atoms with Crippen LogP contribution in [0.5, 0.6) is 0 Å². The third kappa shape index (κ3) is 6.20. The molecule has 1 unspecified atom stereocenters. The minimum atomic E-state index is -0.273. The van der Waals surface area contributed by atoms with Crippen LogP contribution in [-0.4, -0.2) is 5.91 Å². The summed E-state index contributed by atoms with van der Waals surface area (Å²) in [4.78, 5) is 10.6. The first-order valence-corrected chi connectivity index (χ1v) is 4.81. The van der Waals surface area contributed by atoms with Gasteiger partial charge in [-0.05, 0) is 13.3 Å². The topological polar surface area (TPSA) is 43.1 Å². The minimum absolute atomic E-state index is 0.188. The van der Waals surface area contributed by atoms with Crippen LogP contribution in [0.1, 0.15) is 45.4 Å². The summed E-state index contributed by atoms with van der Waals surface area (Å²) < 4.78 is 0. The van der Waals surface area contributed by atoms with E-state index in [0.29, 0.717) is 0 Å². The van der Waals surface area contributed by atoms with E-state index in [4.69, 9.17) is 5.73 Å². The molecule has 0 fully saturated rings. The van der Waals surface area contributed by atoms with Gasteiger partial charge in [0, 0.05) is 5.92 Å². The van der Waals surface area contributed by atoms with Crippen LogP contribution in [0.2, 0.25) is 0 Å². The second-order valence-corrected chi connectivity index (χ2v) is 3.30. The molecule has 0 saturated carbocycles. The van der Waals surface area contributed by atoms with Crippen molar-refractivity contribution in [3.8, 4) is 0 Å². The van der Waals surface area contributed by atoms with Gasteiger partial charge in [0.2, 0.25) is 5.91 Å². The number of nitrogens with two attached hydrogens (primary N) is 1. The molecule has 2 N–H and O–H groups in total. The highest BCUT2D eigenvalue weighted by Crippen LogP contribution is 2.10. The summed E-state index contributed by atoms with van der Waals surface area (Å²) in [5.41, 5.74) is 5.08. The van der Waals surface area contributed by atoms with Crippen LogP contribution in [-0.2, 0) is 4.79 Å². The molecule has 0 saturated heterocycles. The Morgan fingerprint density at radius 1 is 1.33 bits per heavy atom. The molecule has 0 bridgehead atoms. The van der Waals surface area contributed by atoms with Crippen molar-refractivity contribution in [2.45, 2.75) is 45.4 Å². The average Bonchev–Trinajstić information content (AvgIpc) is 2.03. The summed E-state index contributed by atoms with van der Waals surface area (Å²) >= 11 is 0. The van der Waals surface area contributed by atoms with Gasteiger partial charge in [-0.2, -0.15) is 0 Å². The van der Waals surface area contributed by atoms with Gasteiger partial charge in [0.1, 0.15) is 0 Å². The molecule has 0 rings (SSSR count). The van der Waals surface area contributed by atoms with Gasteiger partial charge in [0.05, 0.1) is 0 Å². The first-order chi connectivity index (χ1) is 5.68. The van der Waals surface area contributed by atoms with Gasteiger partial charge in [0.15, 0.2) is 0 Å². The van der Waals surface area contributed by atoms with E-state index in [9.17, 15) is 4.79 Å². The monoisotopic (exact) mass is 170 g/mol. The predicted octanol–water partition coefficient (Wildman–Crippen LogP) is 2.28. The molecule has 1 radical (unpaired) electrons. The lowest BCUT2D eigenvalue weighted by Crippen LogP contribution is -2.20. The third-order valence-electron chi connectivity index (χ3n) is 2.06. The Morgan fingerprint density at radius 3 is 2.42 bits per heavy atom. The Kier molecular flexibility index (Phi) is 6.82. The fraction of sp³-hybridized carbons (Fsp3) is 0.800. The summed E-state index contributed by atoms with van der Waals surface area (Å²) in [6.07, 6.45) is 6.94. The summed E-state index contributed by atoms with van der Waals surface area (Å²) in [6, 6.07) is 0. The Balaban J connectivity index is 3.14. The molecule has 12 heavy (non-hydrogen) atoms. The van der Waals surface area contributed by atoms with Crippen LogP contribution >= 0.6 is 0 Å². The van der Waals surface area contributed by atoms with Crippen molar-refractivity contribution < 1.29 is 4.79 Å². The first kappa shape index (κ1) is 11.5. The van der Waals surface area contributed by atoms with Crippen molar-refractivity contribution in [3.05, 3.63) is 6.92 Å². The molecule has 0 aromatic rings. The van der Waals surface area contributed by atoms with Gasteiger partial charge in [-0.15, -0.1) is 0 Å². The Morgan fingerprint density at radius 2 is 1.92 bits per heavy atom. The average molecular weight is 170 g/mol. The molecule has 1 atom stereocenters. The zero-order chi connectivity index (χ0) is 9.40. The number of carbonyl (C=O) groups excluding carboxylic acids is 1. The van der Waals surface area contributed by atoms with Gasteiger partial charge >= 0.3 is 0 Å². The van der Waals surface area contributed by atoms with Crippen LogP contribution in [0, 0.1) is 12.8 Å². The van der Waals surface area contributed by atoms with Crippen molar-refractivity contribution in [1.29, 1.82) is 0 Å². The Bertz CT molecular complexity index is 123. The maximum Gasteiger partial charge on any atom is 0.220 e. The zero-order valence-corrected chi connectivity index (χ0v) is 8.01. The van der Waals surface area contributed by atoms with E-state index in [1.807, 2.05) is 0 Å². The van der Waals surface area contributed by atoms with Crippen molar-refractivity contribution in [1.82, 2.24) is 0 Å². The summed E-state index contributed by atoms with van der Waals surface area (Å²) in [6.45, 7) is 5.87. The lowest BCUT2D eigenvalue weighted by atomic mass is 10.0. The van der Waals surface area contributed by atoms with Gasteiger partial charge in [0.25, 0.3) is 0 Å². The number of unbranched alkanes of at least 4 members (excludes halogenated alkanes) is 4. The Labute approximate surface area is 75.5 Å². The van der Waals surface area contributed by atoms with Crippen LogP contribution in [0.15, 0.2) is 0 Å². The third-order valence-corrected chi connectivity index (χ3v) is 2.06. The molecule has 0 aliphatic heterocycles. The normalized spacial score (nSPS) is 12.8. The van der Waals surface area contributed by atoms with E-state index in [0.717, 1.165) is 12.8 Å². The van der Waals surface area contributed by atoms with E-state index in [-0.39, 0.29) is 11.8 Å². The van der Waals surface area contributed by atoms with E-state index in [1.165, 1.54) is 25.7 Å². The number of amides is 1. The molecule has 0 heterocycles. The highest BCUT2D eigenvalue weighted by atomic mass is 16.1. The predicted molar refractivity (Wildman–Crippen MR) is 51.4 cm³/mol. The number of primary amides is 1. The molecular formula is C10H20NO. The number of carbonyl (C=O) groups is 1. The molecule has 2 nitrogen and oxygen atoms in total. The number of rotatable bonds is 7. The minimum Gasteiger partial charge on any atom is -0.369 e. The highest BCUT2D eigenvalue weighted by Gasteiger charge is 2.06. The van der Waals surface area contributed by atoms with E-state index in [1.54, 1.807) is 0 Å². The van der Waals surface area contributed by atoms with Crippen LogP contribution in [0.4, 0.5) is 0 Å². The smallest absolute Gasteiger partial charge is 0.220 e. The van der Waals surface area contributed by atoms with E-state index in [2.05, 4.69) is 13.8 Å². The number of hydrogen-bond donors (Lipinski definition) is 1. The number of hydrogen-bond acceptors (Lipinski definition) is 1. The van der Waals surface area contributed by atoms with Crippen molar-refractivity contribution in [2.75, 3.05) is 0 Å². The fourth-order valence-electron chi connectivity index (χ4n) is 1.14. The summed E-state index contributed by atoms with van der Waals surface area (Å²) in [7, 11) is 0. The first-order valence-electron chi connectivity index (χ1n) is 4.81. The largest absolute Gasteiger partial charge is 0.369 e. The zero-order valence-electron chi connectivity index (χ0n) is 8.01. The fourth-order valence-corrected chi connectivity index (χ4v) is 1.14. The van der Waals surface area contributed by atoms with Gasteiger partial charge in [-0.3, -0.25) is 4.79 Å². The molecule has 1 amide bonds. The van der Waals surface area contributed by atoms with Crippen LogP contribution in [0.25, 0.3) is 0 Å². The second kappa shape index (κ2) is 7.14. The molecule has 0 aromatic carbocycles. The molecule has 0 aromatic heterocycles. The molecule has 0 aliphatic rings. The van der Waals surface area contributed by atoms with E-state index >= 15 is 0 Å². The van der Waals surface area contributed by atoms with Gasteiger partial charge in [-0.1, -0.05) is 39.0 Å². The molecular weight excluding hydrogens is 150 g/mol. The lowest BCUT2D eigenvalue weighted by Gasteiger charge is -2.05. The van der Waals surface area contributed by atoms with Crippen molar-refractivity contribution in [2.24, 2.45) is 11.7 Å². The standard InChI is InChI=1S/C10H20NO/c1-3-4-5-6-7-8-9(2)10(11)12/h9H,2-8H2,1H3,(H2,11,12). The van der Waals surface area contributed by atoms with Crippen LogP contribution in [0.3, 0.4) is 0 Å². The summed E-state index contributed by atoms with van der Waals surface area (Å²) in [5, 5.41) is 0.